The van der Waals surface area contributed by atoms with Crippen molar-refractivity contribution in [2.24, 2.45) is 5.92 Å². The van der Waals surface area contributed by atoms with Gasteiger partial charge in [0.05, 0.1) is 4.90 Å². The molecule has 2 N–H and O–H groups in total. The van der Waals surface area contributed by atoms with Crippen molar-refractivity contribution >= 4 is 33.2 Å². The van der Waals surface area contributed by atoms with Crippen LogP contribution in [0.3, 0.4) is 0 Å². The van der Waals surface area contributed by atoms with Crippen molar-refractivity contribution in [2.45, 2.75) is 31.7 Å². The number of amides is 1. The highest BCUT2D eigenvalue weighted by atomic mass is 35.5. The van der Waals surface area contributed by atoms with Gasteiger partial charge in [-0.15, -0.1) is 0 Å². The molecular weight excluding hydrogens is 360 g/mol. The van der Waals surface area contributed by atoms with Crippen LogP contribution in [0, 0.1) is 5.92 Å². The van der Waals surface area contributed by atoms with Crippen molar-refractivity contribution in [1.29, 1.82) is 0 Å². The van der Waals surface area contributed by atoms with Crippen LogP contribution in [0.2, 0.25) is 5.02 Å². The van der Waals surface area contributed by atoms with Crippen molar-refractivity contribution in [2.75, 3.05) is 4.72 Å². The second-order valence-corrected chi connectivity index (χ2v) is 8.26. The number of halogens is 1. The average molecular weight is 381 g/mol. The van der Waals surface area contributed by atoms with Gasteiger partial charge in [-0.2, -0.15) is 0 Å². The van der Waals surface area contributed by atoms with E-state index in [9.17, 15) is 13.2 Å². The zero-order valence-electron chi connectivity index (χ0n) is 14.3. The Morgan fingerprint density at radius 3 is 2.04 bits per heavy atom. The number of hydrogen-bond acceptors (Lipinski definition) is 3. The third-order valence-electron chi connectivity index (χ3n) is 3.88. The number of carbonyl (C=O) groups excluding carboxylic acids is 1. The normalized spacial score (nSPS) is 12.7. The number of benzene rings is 2. The fourth-order valence-corrected chi connectivity index (χ4v) is 3.16. The van der Waals surface area contributed by atoms with Gasteiger partial charge >= 0.3 is 0 Å². The largest absolute Gasteiger partial charge is 0.349 e. The van der Waals surface area contributed by atoms with E-state index in [4.69, 9.17) is 11.6 Å². The molecule has 2 rings (SSSR count). The van der Waals surface area contributed by atoms with Gasteiger partial charge in [0.15, 0.2) is 0 Å². The SMILES string of the molecule is CC(C)C(C)NC(=O)c1ccc(S(=O)(=O)Nc2ccc(Cl)cc2)cc1. The highest BCUT2D eigenvalue weighted by Gasteiger charge is 2.16. The molecule has 0 heterocycles. The van der Waals surface area contributed by atoms with Crippen LogP contribution in [0.5, 0.6) is 0 Å². The molecular formula is C18H21ClN2O3S. The molecule has 2 aromatic rings. The Kier molecular flexibility index (Phi) is 6.08. The van der Waals surface area contributed by atoms with E-state index in [1.807, 2.05) is 20.8 Å². The van der Waals surface area contributed by atoms with Gasteiger partial charge in [-0.3, -0.25) is 9.52 Å². The summed E-state index contributed by atoms with van der Waals surface area (Å²) in [6.07, 6.45) is 0. The van der Waals surface area contributed by atoms with Gasteiger partial charge in [0.2, 0.25) is 0 Å². The predicted molar refractivity (Wildman–Crippen MR) is 100 cm³/mol. The number of nitrogens with one attached hydrogen (secondary N) is 2. The fourth-order valence-electron chi connectivity index (χ4n) is 1.97. The van der Waals surface area contributed by atoms with Crippen molar-refractivity contribution in [3.8, 4) is 0 Å². The van der Waals surface area contributed by atoms with E-state index >= 15 is 0 Å². The molecule has 0 fully saturated rings. The summed E-state index contributed by atoms with van der Waals surface area (Å²) in [5.41, 5.74) is 0.829. The molecule has 0 aliphatic heterocycles. The van der Waals surface area contributed by atoms with Crippen molar-refractivity contribution in [3.05, 3.63) is 59.1 Å². The maximum atomic E-state index is 12.4. The van der Waals surface area contributed by atoms with Gasteiger partial charge < -0.3 is 5.32 Å². The molecule has 0 saturated carbocycles. The first kappa shape index (κ1) is 19.3. The minimum absolute atomic E-state index is 0.0301. The first-order valence-electron chi connectivity index (χ1n) is 7.88. The van der Waals surface area contributed by atoms with E-state index in [0.717, 1.165) is 0 Å². The molecule has 0 saturated heterocycles. The summed E-state index contributed by atoms with van der Waals surface area (Å²) >= 11 is 5.79. The van der Waals surface area contributed by atoms with Crippen LogP contribution >= 0.6 is 11.6 Å². The first-order valence-corrected chi connectivity index (χ1v) is 9.74. The quantitative estimate of drug-likeness (QED) is 0.797. The molecule has 134 valence electrons. The maximum Gasteiger partial charge on any atom is 0.261 e. The molecule has 0 radical (unpaired) electrons. The monoisotopic (exact) mass is 380 g/mol. The van der Waals surface area contributed by atoms with Crippen LogP contribution in [0.25, 0.3) is 0 Å². The van der Waals surface area contributed by atoms with Gasteiger partial charge in [0, 0.05) is 22.3 Å². The lowest BCUT2D eigenvalue weighted by molar-refractivity contribution is 0.0930. The van der Waals surface area contributed by atoms with E-state index in [-0.39, 0.29) is 16.8 Å². The minimum atomic E-state index is -3.73. The number of hydrogen-bond donors (Lipinski definition) is 2. The van der Waals surface area contributed by atoms with Crippen molar-refractivity contribution in [1.82, 2.24) is 5.32 Å². The lowest BCUT2D eigenvalue weighted by Gasteiger charge is -2.17. The number of rotatable bonds is 6. The number of carbonyl (C=O) groups is 1. The smallest absolute Gasteiger partial charge is 0.261 e. The van der Waals surface area contributed by atoms with Crippen molar-refractivity contribution < 1.29 is 13.2 Å². The summed E-state index contributed by atoms with van der Waals surface area (Å²) in [7, 11) is -3.73. The summed E-state index contributed by atoms with van der Waals surface area (Å²) < 4.78 is 27.3. The third-order valence-corrected chi connectivity index (χ3v) is 5.53. The molecule has 0 aromatic heterocycles. The summed E-state index contributed by atoms with van der Waals surface area (Å²) in [5, 5.41) is 3.40. The van der Waals surface area contributed by atoms with E-state index in [0.29, 0.717) is 22.2 Å². The Labute approximate surface area is 153 Å². The van der Waals surface area contributed by atoms with Crippen LogP contribution in [0.15, 0.2) is 53.4 Å². The van der Waals surface area contributed by atoms with Crippen molar-refractivity contribution in [3.63, 3.8) is 0 Å². The first-order chi connectivity index (χ1) is 11.7. The molecule has 0 aliphatic carbocycles. The Hall–Kier alpha value is -2.05. The summed E-state index contributed by atoms with van der Waals surface area (Å²) in [5.74, 6) is 0.0861. The van der Waals surface area contributed by atoms with E-state index in [1.54, 1.807) is 24.3 Å². The molecule has 5 nitrogen and oxygen atoms in total. The molecule has 0 spiro atoms. The zero-order chi connectivity index (χ0) is 18.6. The Morgan fingerprint density at radius 1 is 0.960 bits per heavy atom. The molecule has 2 aromatic carbocycles. The van der Waals surface area contributed by atoms with E-state index in [1.165, 1.54) is 24.3 Å². The van der Waals surface area contributed by atoms with Gasteiger partial charge in [0.25, 0.3) is 15.9 Å². The maximum absolute atomic E-state index is 12.4. The average Bonchev–Trinajstić information content (AvgIpc) is 2.56. The zero-order valence-corrected chi connectivity index (χ0v) is 15.9. The predicted octanol–water partition coefficient (Wildman–Crippen LogP) is 3.92. The van der Waals surface area contributed by atoms with Gasteiger partial charge in [-0.1, -0.05) is 25.4 Å². The topological polar surface area (TPSA) is 75.3 Å². The second kappa shape index (κ2) is 7.89. The molecule has 1 unspecified atom stereocenters. The standard InChI is InChI=1S/C18H21ClN2O3S/c1-12(2)13(3)20-18(22)14-4-10-17(11-5-14)25(23,24)21-16-8-6-15(19)7-9-16/h4-13,21H,1-3H3,(H,20,22). The highest BCUT2D eigenvalue weighted by Crippen LogP contribution is 2.19. The van der Waals surface area contributed by atoms with Crippen LogP contribution in [-0.2, 0) is 10.0 Å². The molecule has 0 bridgehead atoms. The Morgan fingerprint density at radius 2 is 1.52 bits per heavy atom. The fraction of sp³-hybridized carbons (Fsp3) is 0.278. The van der Waals surface area contributed by atoms with E-state index < -0.39 is 10.0 Å². The van der Waals surface area contributed by atoms with Gasteiger partial charge in [-0.05, 0) is 61.4 Å². The Bertz CT molecular complexity index is 832. The summed E-state index contributed by atoms with van der Waals surface area (Å²) in [6, 6.07) is 12.2. The Balaban J connectivity index is 2.12. The molecule has 25 heavy (non-hydrogen) atoms. The van der Waals surface area contributed by atoms with E-state index in [2.05, 4.69) is 10.0 Å². The number of sulfonamides is 1. The lowest BCUT2D eigenvalue weighted by atomic mass is 10.1. The molecule has 7 heteroatoms. The summed E-state index contributed by atoms with van der Waals surface area (Å²) in [4.78, 5) is 12.2. The van der Waals surface area contributed by atoms with Crippen LogP contribution in [0.4, 0.5) is 5.69 Å². The van der Waals surface area contributed by atoms with Crippen LogP contribution in [-0.4, -0.2) is 20.4 Å². The molecule has 1 amide bonds. The van der Waals surface area contributed by atoms with Crippen LogP contribution < -0.4 is 10.0 Å². The third kappa shape index (κ3) is 5.21. The lowest BCUT2D eigenvalue weighted by Crippen LogP contribution is -2.36. The van der Waals surface area contributed by atoms with Gasteiger partial charge in [-0.25, -0.2) is 8.42 Å². The molecule has 0 aliphatic rings. The summed E-state index contributed by atoms with van der Waals surface area (Å²) in [6.45, 7) is 5.96. The minimum Gasteiger partial charge on any atom is -0.349 e. The van der Waals surface area contributed by atoms with Crippen LogP contribution in [0.1, 0.15) is 31.1 Å². The van der Waals surface area contributed by atoms with Gasteiger partial charge in [0.1, 0.15) is 0 Å². The molecule has 1 atom stereocenters. The number of anilines is 1. The second-order valence-electron chi connectivity index (χ2n) is 6.14. The highest BCUT2D eigenvalue weighted by molar-refractivity contribution is 7.92.